The second-order valence-electron chi connectivity index (χ2n) is 6.79. The van der Waals surface area contributed by atoms with Crippen LogP contribution in [0.4, 0.5) is 13.2 Å². The number of alkyl halides is 3. The van der Waals surface area contributed by atoms with Gasteiger partial charge in [0.2, 0.25) is 21.7 Å². The molecule has 172 valence electrons. The Morgan fingerprint density at radius 3 is 2.42 bits per heavy atom. The van der Waals surface area contributed by atoms with Crippen LogP contribution in [0.1, 0.15) is 11.4 Å². The Balaban J connectivity index is 1.57. The molecule has 0 atom stereocenters. The van der Waals surface area contributed by atoms with Gasteiger partial charge in [-0.25, -0.2) is 23.2 Å². The highest BCUT2D eigenvalue weighted by Crippen LogP contribution is 2.26. The van der Waals surface area contributed by atoms with Crippen molar-refractivity contribution in [3.8, 4) is 28.9 Å². The van der Waals surface area contributed by atoms with E-state index < -0.39 is 16.4 Å². The van der Waals surface area contributed by atoms with Gasteiger partial charge in [-0.2, -0.15) is 4.98 Å². The summed E-state index contributed by atoms with van der Waals surface area (Å²) in [4.78, 5) is 8.41. The zero-order valence-electron chi connectivity index (χ0n) is 16.8. The number of halogens is 3. The van der Waals surface area contributed by atoms with Crippen molar-refractivity contribution in [1.29, 1.82) is 0 Å². The van der Waals surface area contributed by atoms with Crippen LogP contribution < -0.4 is 9.88 Å². The number of hydrogen-bond donors (Lipinski definition) is 1. The SMILES string of the molecule is Cc1nc(-c2nc(-c3ccc(OC(F)(F)F)cc3)no2)nn1Cc1ccccc1S(N)(=O)=O. The first kappa shape index (κ1) is 22.4. The first-order chi connectivity index (χ1) is 15.5. The minimum absolute atomic E-state index is 0.0257. The van der Waals surface area contributed by atoms with Gasteiger partial charge in [0.25, 0.3) is 5.89 Å². The molecule has 0 saturated heterocycles. The molecule has 4 aromatic rings. The lowest BCUT2D eigenvalue weighted by Crippen LogP contribution is -2.16. The lowest BCUT2D eigenvalue weighted by atomic mass is 10.2. The number of rotatable bonds is 6. The van der Waals surface area contributed by atoms with E-state index in [9.17, 15) is 21.6 Å². The number of sulfonamides is 1. The Kier molecular flexibility index (Phi) is 5.63. The number of aromatic nitrogens is 5. The quantitative estimate of drug-likeness (QED) is 0.444. The zero-order valence-corrected chi connectivity index (χ0v) is 17.6. The van der Waals surface area contributed by atoms with Crippen molar-refractivity contribution >= 4 is 10.0 Å². The molecule has 0 saturated carbocycles. The number of benzene rings is 2. The smallest absolute Gasteiger partial charge is 0.406 e. The molecule has 0 unspecified atom stereocenters. The van der Waals surface area contributed by atoms with Crippen LogP contribution in [0.2, 0.25) is 0 Å². The highest BCUT2D eigenvalue weighted by atomic mass is 32.2. The number of ether oxygens (including phenoxy) is 1. The lowest BCUT2D eigenvalue weighted by molar-refractivity contribution is -0.274. The van der Waals surface area contributed by atoms with Crippen LogP contribution in [0.3, 0.4) is 0 Å². The maximum absolute atomic E-state index is 12.3. The van der Waals surface area contributed by atoms with Crippen molar-refractivity contribution in [3.05, 3.63) is 59.9 Å². The standard InChI is InChI=1S/C19H15F3N6O4S/c1-11-24-17(26-28(11)10-13-4-2-3-5-15(13)33(23,29)30)18-25-16(27-32-18)12-6-8-14(9-7-12)31-19(20,21)22/h2-9H,10H2,1H3,(H2,23,29,30). The summed E-state index contributed by atoms with van der Waals surface area (Å²) >= 11 is 0. The fourth-order valence-electron chi connectivity index (χ4n) is 2.97. The Hall–Kier alpha value is -3.78. The highest BCUT2D eigenvalue weighted by molar-refractivity contribution is 7.89. The molecule has 4 rings (SSSR count). The maximum atomic E-state index is 12.3. The molecule has 0 bridgehead atoms. The first-order valence-corrected chi connectivity index (χ1v) is 10.8. The van der Waals surface area contributed by atoms with Crippen LogP contribution in [0.5, 0.6) is 5.75 Å². The van der Waals surface area contributed by atoms with E-state index in [1.54, 1.807) is 25.1 Å². The molecule has 0 aliphatic heterocycles. The van der Waals surface area contributed by atoms with Crippen molar-refractivity contribution < 1.29 is 30.8 Å². The molecule has 0 fully saturated rings. The molecule has 0 amide bonds. The number of nitrogens with two attached hydrogens (primary N) is 1. The van der Waals surface area contributed by atoms with Crippen molar-refractivity contribution in [2.24, 2.45) is 5.14 Å². The third kappa shape index (κ3) is 5.18. The van der Waals surface area contributed by atoms with E-state index in [0.717, 1.165) is 12.1 Å². The van der Waals surface area contributed by atoms with Gasteiger partial charge in [0.15, 0.2) is 0 Å². The Bertz CT molecular complexity index is 1400. The van der Waals surface area contributed by atoms with E-state index in [0.29, 0.717) is 17.0 Å². The number of primary sulfonamides is 1. The van der Waals surface area contributed by atoms with Gasteiger partial charge in [0.05, 0.1) is 11.4 Å². The number of hydrogen-bond acceptors (Lipinski definition) is 8. The Labute approximate surface area is 184 Å². The second kappa shape index (κ2) is 8.29. The van der Waals surface area contributed by atoms with Crippen molar-refractivity contribution in [1.82, 2.24) is 24.9 Å². The van der Waals surface area contributed by atoms with Crippen molar-refractivity contribution in [2.75, 3.05) is 0 Å². The Morgan fingerprint density at radius 2 is 1.76 bits per heavy atom. The van der Waals surface area contributed by atoms with Crippen LogP contribution in [0.25, 0.3) is 23.1 Å². The van der Waals surface area contributed by atoms with Gasteiger partial charge in [-0.15, -0.1) is 18.3 Å². The minimum atomic E-state index is -4.79. The first-order valence-electron chi connectivity index (χ1n) is 9.22. The fourth-order valence-corrected chi connectivity index (χ4v) is 3.74. The van der Waals surface area contributed by atoms with E-state index in [1.807, 2.05) is 0 Å². The van der Waals surface area contributed by atoms with Crippen molar-refractivity contribution in [2.45, 2.75) is 24.7 Å². The normalized spacial score (nSPS) is 12.2. The average molecular weight is 480 g/mol. The summed E-state index contributed by atoms with van der Waals surface area (Å²) in [5.41, 5.74) is 0.810. The summed E-state index contributed by atoms with van der Waals surface area (Å²) in [6.07, 6.45) is -4.79. The molecule has 2 aromatic carbocycles. The molecule has 14 heteroatoms. The van der Waals surface area contributed by atoms with Crippen LogP contribution >= 0.6 is 0 Å². The van der Waals surface area contributed by atoms with Gasteiger partial charge in [-0.3, -0.25) is 0 Å². The minimum Gasteiger partial charge on any atom is -0.406 e. The predicted octanol–water partition coefficient (Wildman–Crippen LogP) is 2.90. The largest absolute Gasteiger partial charge is 0.573 e. The van der Waals surface area contributed by atoms with E-state index in [2.05, 4.69) is 25.0 Å². The number of nitrogens with zero attached hydrogens (tertiary/aromatic N) is 5. The van der Waals surface area contributed by atoms with E-state index in [4.69, 9.17) is 9.66 Å². The summed E-state index contributed by atoms with van der Waals surface area (Å²) in [6, 6.07) is 11.2. The van der Waals surface area contributed by atoms with Gasteiger partial charge in [-0.1, -0.05) is 23.4 Å². The van der Waals surface area contributed by atoms with Crippen LogP contribution in [0.15, 0.2) is 57.9 Å². The monoisotopic (exact) mass is 480 g/mol. The van der Waals surface area contributed by atoms with Gasteiger partial charge in [0.1, 0.15) is 11.6 Å². The zero-order chi connectivity index (χ0) is 23.8. The molecule has 10 nitrogen and oxygen atoms in total. The van der Waals surface area contributed by atoms with Gasteiger partial charge in [0, 0.05) is 5.56 Å². The average Bonchev–Trinajstić information content (AvgIpc) is 3.34. The molecule has 0 aliphatic carbocycles. The number of aryl methyl sites for hydroxylation is 1. The highest BCUT2D eigenvalue weighted by Gasteiger charge is 2.31. The predicted molar refractivity (Wildman–Crippen MR) is 107 cm³/mol. The fraction of sp³-hybridized carbons (Fsp3) is 0.158. The molecule has 0 aliphatic rings. The van der Waals surface area contributed by atoms with E-state index >= 15 is 0 Å². The molecule has 33 heavy (non-hydrogen) atoms. The topological polar surface area (TPSA) is 139 Å². The molecule has 2 heterocycles. The van der Waals surface area contributed by atoms with Gasteiger partial charge < -0.3 is 9.26 Å². The third-order valence-corrected chi connectivity index (χ3v) is 5.43. The van der Waals surface area contributed by atoms with Crippen LogP contribution in [-0.2, 0) is 16.6 Å². The van der Waals surface area contributed by atoms with Crippen LogP contribution in [-0.4, -0.2) is 39.7 Å². The molecular weight excluding hydrogens is 465 g/mol. The third-order valence-electron chi connectivity index (χ3n) is 4.42. The molecule has 2 N–H and O–H groups in total. The van der Waals surface area contributed by atoms with Gasteiger partial charge in [-0.05, 0) is 42.8 Å². The second-order valence-corrected chi connectivity index (χ2v) is 8.32. The van der Waals surface area contributed by atoms with E-state index in [1.165, 1.54) is 22.9 Å². The molecular formula is C19H15F3N6O4S. The van der Waals surface area contributed by atoms with Gasteiger partial charge >= 0.3 is 6.36 Å². The summed E-state index contributed by atoms with van der Waals surface area (Å²) < 4.78 is 71.0. The summed E-state index contributed by atoms with van der Waals surface area (Å²) in [7, 11) is -3.93. The van der Waals surface area contributed by atoms with Crippen molar-refractivity contribution in [3.63, 3.8) is 0 Å². The molecule has 0 radical (unpaired) electrons. The molecule has 0 spiro atoms. The maximum Gasteiger partial charge on any atom is 0.573 e. The summed E-state index contributed by atoms with van der Waals surface area (Å²) in [6.45, 7) is 1.74. The Morgan fingerprint density at radius 1 is 1.06 bits per heavy atom. The van der Waals surface area contributed by atoms with Crippen LogP contribution in [0, 0.1) is 6.92 Å². The summed E-state index contributed by atoms with van der Waals surface area (Å²) in [5, 5.41) is 13.4. The molecule has 2 aromatic heterocycles. The summed E-state index contributed by atoms with van der Waals surface area (Å²) in [5.74, 6) is 0.240. The van der Waals surface area contributed by atoms with E-state index in [-0.39, 0.29) is 34.7 Å². The lowest BCUT2D eigenvalue weighted by Gasteiger charge is -2.08.